The first-order chi connectivity index (χ1) is 12.4. The minimum atomic E-state index is -4.53. The van der Waals surface area contributed by atoms with E-state index in [1.54, 1.807) is 7.05 Å². The Labute approximate surface area is 184 Å². The molecule has 0 amide bonds. The average Bonchev–Trinajstić information content (AvgIpc) is 2.55. The Hall–Kier alpha value is -1.02. The maximum Gasteiger partial charge on any atom is 0.417 e. The lowest BCUT2D eigenvalue weighted by molar-refractivity contribution is -0.137. The van der Waals surface area contributed by atoms with E-state index in [9.17, 15) is 21.6 Å². The molecule has 0 aliphatic carbocycles. The molecule has 7 nitrogen and oxygen atoms in total. The molecular formula is C15H23ClF3IN4O3S. The number of rotatable bonds is 8. The van der Waals surface area contributed by atoms with Crippen LogP contribution in [0.2, 0.25) is 5.02 Å². The van der Waals surface area contributed by atoms with E-state index in [1.165, 1.54) is 6.26 Å². The molecule has 0 bridgehead atoms. The number of aromatic nitrogens is 1. The van der Waals surface area contributed by atoms with Crippen LogP contribution >= 0.6 is 35.6 Å². The number of guanidine groups is 1. The predicted octanol–water partition coefficient (Wildman–Crippen LogP) is 2.74. The minimum Gasteiger partial charge on any atom is -0.475 e. The van der Waals surface area contributed by atoms with E-state index in [0.29, 0.717) is 18.6 Å². The number of nitrogens with zero attached hydrogens (tertiary/aromatic N) is 2. The highest BCUT2D eigenvalue weighted by atomic mass is 127. The molecule has 0 saturated carbocycles. The zero-order chi connectivity index (χ0) is 20.7. The van der Waals surface area contributed by atoms with Crippen molar-refractivity contribution in [3.05, 3.63) is 22.8 Å². The molecule has 1 aromatic rings. The van der Waals surface area contributed by atoms with Gasteiger partial charge in [0.05, 0.1) is 17.9 Å². The molecule has 2 N–H and O–H groups in total. The van der Waals surface area contributed by atoms with Crippen molar-refractivity contribution < 1.29 is 26.3 Å². The van der Waals surface area contributed by atoms with Crippen molar-refractivity contribution in [2.75, 3.05) is 32.2 Å². The summed E-state index contributed by atoms with van der Waals surface area (Å²) in [4.78, 5) is 7.57. The molecular weight excluding hydrogens is 536 g/mol. The average molecular weight is 559 g/mol. The third kappa shape index (κ3) is 10.5. The Kier molecular flexibility index (Phi) is 11.4. The molecule has 0 radical (unpaired) electrons. The fourth-order valence-electron chi connectivity index (χ4n) is 1.89. The molecule has 1 atom stereocenters. The Morgan fingerprint density at radius 2 is 2.07 bits per heavy atom. The number of hydrogen-bond acceptors (Lipinski definition) is 5. The molecule has 0 aliphatic heterocycles. The van der Waals surface area contributed by atoms with Gasteiger partial charge >= 0.3 is 6.18 Å². The van der Waals surface area contributed by atoms with Gasteiger partial charge in [-0.15, -0.1) is 24.0 Å². The molecule has 1 rings (SSSR count). The number of ether oxygens (including phenoxy) is 1. The van der Waals surface area contributed by atoms with Crippen LogP contribution in [0.5, 0.6) is 5.88 Å². The number of aliphatic imine (C=N–C) groups is 1. The summed E-state index contributed by atoms with van der Waals surface area (Å²) in [6.07, 6.45) is -2.28. The molecule has 0 spiro atoms. The van der Waals surface area contributed by atoms with Crippen molar-refractivity contribution in [3.8, 4) is 5.88 Å². The molecule has 1 unspecified atom stereocenters. The number of hydrogen-bond donors (Lipinski definition) is 2. The van der Waals surface area contributed by atoms with Crippen LogP contribution in [0.4, 0.5) is 13.2 Å². The fraction of sp³-hybridized carbons (Fsp3) is 0.600. The first-order valence-corrected chi connectivity index (χ1v) is 10.4. The van der Waals surface area contributed by atoms with E-state index in [2.05, 4.69) is 20.6 Å². The van der Waals surface area contributed by atoms with Crippen LogP contribution < -0.4 is 15.4 Å². The van der Waals surface area contributed by atoms with Crippen LogP contribution in [-0.2, 0) is 16.0 Å². The summed E-state index contributed by atoms with van der Waals surface area (Å²) >= 11 is 5.75. The van der Waals surface area contributed by atoms with Crippen LogP contribution in [0.3, 0.4) is 0 Å². The lowest BCUT2D eigenvalue weighted by Crippen LogP contribution is -2.44. The normalized spacial score (nSPS) is 13.5. The van der Waals surface area contributed by atoms with Gasteiger partial charge < -0.3 is 15.4 Å². The van der Waals surface area contributed by atoms with Gasteiger partial charge in [-0.25, -0.2) is 13.4 Å². The van der Waals surface area contributed by atoms with Crippen molar-refractivity contribution in [3.63, 3.8) is 0 Å². The molecule has 13 heteroatoms. The van der Waals surface area contributed by atoms with Crippen molar-refractivity contribution in [1.82, 2.24) is 15.6 Å². The third-order valence-electron chi connectivity index (χ3n) is 3.30. The van der Waals surface area contributed by atoms with Crippen LogP contribution in [-0.4, -0.2) is 57.6 Å². The lowest BCUT2D eigenvalue weighted by atomic mass is 10.3. The Morgan fingerprint density at radius 3 is 2.57 bits per heavy atom. The van der Waals surface area contributed by atoms with Crippen molar-refractivity contribution >= 4 is 51.4 Å². The minimum absolute atomic E-state index is 0. The molecule has 28 heavy (non-hydrogen) atoms. The van der Waals surface area contributed by atoms with Gasteiger partial charge in [0, 0.05) is 25.5 Å². The van der Waals surface area contributed by atoms with E-state index in [4.69, 9.17) is 16.3 Å². The van der Waals surface area contributed by atoms with Gasteiger partial charge in [0.15, 0.2) is 5.96 Å². The van der Waals surface area contributed by atoms with E-state index in [-0.39, 0.29) is 59.8 Å². The summed E-state index contributed by atoms with van der Waals surface area (Å²) in [5.41, 5.74) is -0.953. The highest BCUT2D eigenvalue weighted by Crippen LogP contribution is 2.32. The molecule has 0 aliphatic rings. The number of pyridine rings is 1. The first-order valence-electron chi connectivity index (χ1n) is 7.93. The Bertz CT molecular complexity index is 763. The summed E-state index contributed by atoms with van der Waals surface area (Å²) in [6, 6.07) is 0.624. The van der Waals surface area contributed by atoms with Gasteiger partial charge in [-0.1, -0.05) is 11.6 Å². The number of sulfone groups is 1. The van der Waals surface area contributed by atoms with Gasteiger partial charge in [-0.05, 0) is 19.4 Å². The van der Waals surface area contributed by atoms with Crippen LogP contribution in [0, 0.1) is 0 Å². The monoisotopic (exact) mass is 558 g/mol. The van der Waals surface area contributed by atoms with Crippen molar-refractivity contribution in [1.29, 1.82) is 0 Å². The first kappa shape index (κ1) is 27.0. The standard InChI is InChI=1S/C15H22ClF3N4O3S.HI/c1-10(4-7-27(3,24)25)23-14(20-2)21-5-6-26-13-12(16)8-11(9-22-13)15(17,18)19;/h8-10H,4-7H2,1-3H3,(H2,20,21,23);1H. The smallest absolute Gasteiger partial charge is 0.417 e. The SMILES string of the molecule is CN=C(NCCOc1ncc(C(F)(F)F)cc1Cl)NC(C)CCS(C)(=O)=O.I. The van der Waals surface area contributed by atoms with E-state index in [1.807, 2.05) is 6.92 Å². The summed E-state index contributed by atoms with van der Waals surface area (Å²) < 4.78 is 65.3. The fourth-order valence-corrected chi connectivity index (χ4v) is 2.90. The topological polar surface area (TPSA) is 92.7 Å². The Morgan fingerprint density at radius 1 is 1.43 bits per heavy atom. The summed E-state index contributed by atoms with van der Waals surface area (Å²) in [5, 5.41) is 5.73. The van der Waals surface area contributed by atoms with E-state index >= 15 is 0 Å². The third-order valence-corrected chi connectivity index (χ3v) is 4.54. The highest BCUT2D eigenvalue weighted by Gasteiger charge is 2.31. The highest BCUT2D eigenvalue weighted by molar-refractivity contribution is 14.0. The van der Waals surface area contributed by atoms with Crippen molar-refractivity contribution in [2.24, 2.45) is 4.99 Å². The number of alkyl halides is 3. The van der Waals surface area contributed by atoms with E-state index < -0.39 is 21.6 Å². The van der Waals surface area contributed by atoms with E-state index in [0.717, 1.165) is 6.07 Å². The molecule has 1 heterocycles. The second kappa shape index (κ2) is 11.9. The maximum atomic E-state index is 12.6. The van der Waals surface area contributed by atoms with Crippen LogP contribution in [0.25, 0.3) is 0 Å². The van der Waals surface area contributed by atoms with Gasteiger partial charge in [-0.2, -0.15) is 13.2 Å². The zero-order valence-electron chi connectivity index (χ0n) is 15.5. The molecule has 162 valence electrons. The second-order valence-corrected chi connectivity index (χ2v) is 8.49. The maximum absolute atomic E-state index is 12.6. The largest absolute Gasteiger partial charge is 0.475 e. The molecule has 1 aromatic heterocycles. The van der Waals surface area contributed by atoms with Gasteiger partial charge in [0.2, 0.25) is 5.88 Å². The van der Waals surface area contributed by atoms with Gasteiger partial charge in [0.25, 0.3) is 0 Å². The second-order valence-electron chi connectivity index (χ2n) is 5.82. The lowest BCUT2D eigenvalue weighted by Gasteiger charge is -2.17. The summed E-state index contributed by atoms with van der Waals surface area (Å²) in [7, 11) is -1.49. The quantitative estimate of drug-likeness (QED) is 0.221. The Balaban J connectivity index is 0.00000729. The zero-order valence-corrected chi connectivity index (χ0v) is 19.4. The molecule has 0 fully saturated rings. The summed E-state index contributed by atoms with van der Waals surface area (Å²) in [6.45, 7) is 2.18. The summed E-state index contributed by atoms with van der Waals surface area (Å²) in [5.74, 6) is 0.390. The van der Waals surface area contributed by atoms with Crippen LogP contribution in [0.15, 0.2) is 17.3 Å². The predicted molar refractivity (Wildman–Crippen MR) is 113 cm³/mol. The van der Waals surface area contributed by atoms with Crippen LogP contribution in [0.1, 0.15) is 18.9 Å². The number of nitrogens with one attached hydrogen (secondary N) is 2. The van der Waals surface area contributed by atoms with Gasteiger partial charge in [0.1, 0.15) is 21.5 Å². The van der Waals surface area contributed by atoms with Crippen molar-refractivity contribution in [2.45, 2.75) is 25.6 Å². The van der Waals surface area contributed by atoms with Gasteiger partial charge in [-0.3, -0.25) is 4.99 Å². The molecule has 0 aromatic carbocycles. The number of halogens is 5. The molecule has 0 saturated heterocycles.